The van der Waals surface area contributed by atoms with Gasteiger partial charge >= 0.3 is 0 Å². The SMILES string of the molecule is CC(C(=O)c1ccc(S(C)(=O)=O)cc1)c1ccc(Cl)c(Cl)c1. The van der Waals surface area contributed by atoms with E-state index in [-0.39, 0.29) is 10.7 Å². The van der Waals surface area contributed by atoms with E-state index in [2.05, 4.69) is 0 Å². The van der Waals surface area contributed by atoms with Crippen molar-refractivity contribution in [3.63, 3.8) is 0 Å². The summed E-state index contributed by atoms with van der Waals surface area (Å²) in [4.78, 5) is 12.7. The summed E-state index contributed by atoms with van der Waals surface area (Å²) in [6.45, 7) is 1.77. The molecule has 2 aromatic rings. The molecular weight excluding hydrogens is 343 g/mol. The monoisotopic (exact) mass is 356 g/mol. The number of halogens is 2. The van der Waals surface area contributed by atoms with Gasteiger partial charge in [-0.1, -0.05) is 48.3 Å². The first-order valence-electron chi connectivity index (χ1n) is 6.49. The normalized spacial score (nSPS) is 12.9. The average Bonchev–Trinajstić information content (AvgIpc) is 2.48. The Kier molecular flexibility index (Phi) is 4.95. The molecular formula is C16H14Cl2O3S. The van der Waals surface area contributed by atoms with Crippen molar-refractivity contribution < 1.29 is 13.2 Å². The molecule has 0 aliphatic heterocycles. The van der Waals surface area contributed by atoms with Crippen molar-refractivity contribution in [3.8, 4) is 0 Å². The molecule has 22 heavy (non-hydrogen) atoms. The highest BCUT2D eigenvalue weighted by Gasteiger charge is 2.18. The smallest absolute Gasteiger partial charge is 0.175 e. The van der Waals surface area contributed by atoms with E-state index in [1.807, 2.05) is 0 Å². The fraction of sp³-hybridized carbons (Fsp3) is 0.188. The van der Waals surface area contributed by atoms with E-state index < -0.39 is 15.8 Å². The van der Waals surface area contributed by atoms with E-state index in [1.165, 1.54) is 24.3 Å². The maximum absolute atomic E-state index is 12.5. The molecule has 0 radical (unpaired) electrons. The number of carbonyl (C=O) groups is 1. The zero-order valence-corrected chi connectivity index (χ0v) is 14.3. The van der Waals surface area contributed by atoms with Gasteiger partial charge in [0.2, 0.25) is 0 Å². The van der Waals surface area contributed by atoms with Crippen LogP contribution in [0.3, 0.4) is 0 Å². The van der Waals surface area contributed by atoms with Gasteiger partial charge in [0.15, 0.2) is 15.6 Å². The maximum Gasteiger partial charge on any atom is 0.175 e. The molecule has 0 aliphatic rings. The van der Waals surface area contributed by atoms with Crippen LogP contribution in [0.4, 0.5) is 0 Å². The van der Waals surface area contributed by atoms with Crippen LogP contribution in [-0.4, -0.2) is 20.5 Å². The summed E-state index contributed by atoms with van der Waals surface area (Å²) in [6.07, 6.45) is 1.13. The minimum Gasteiger partial charge on any atom is -0.294 e. The van der Waals surface area contributed by atoms with E-state index in [0.29, 0.717) is 15.6 Å². The molecule has 0 bridgehead atoms. The summed E-state index contributed by atoms with van der Waals surface area (Å²) >= 11 is 11.8. The summed E-state index contributed by atoms with van der Waals surface area (Å²) in [5.41, 5.74) is 1.21. The minimum absolute atomic E-state index is 0.113. The zero-order valence-electron chi connectivity index (χ0n) is 12.0. The second-order valence-corrected chi connectivity index (χ2v) is 7.89. The second-order valence-electron chi connectivity index (χ2n) is 5.06. The molecule has 2 aromatic carbocycles. The number of sulfone groups is 1. The van der Waals surface area contributed by atoms with E-state index in [4.69, 9.17) is 23.2 Å². The predicted octanol–water partition coefficient (Wildman–Crippen LogP) is 4.38. The number of benzene rings is 2. The minimum atomic E-state index is -3.27. The van der Waals surface area contributed by atoms with Crippen LogP contribution in [-0.2, 0) is 9.84 Å². The molecule has 0 heterocycles. The van der Waals surface area contributed by atoms with Crippen LogP contribution in [0, 0.1) is 0 Å². The number of hydrogen-bond acceptors (Lipinski definition) is 3. The number of rotatable bonds is 4. The quantitative estimate of drug-likeness (QED) is 0.763. The van der Waals surface area contributed by atoms with Gasteiger partial charge in [-0.25, -0.2) is 8.42 Å². The van der Waals surface area contributed by atoms with Crippen molar-refractivity contribution in [3.05, 3.63) is 63.6 Å². The van der Waals surface area contributed by atoms with Crippen LogP contribution in [0.25, 0.3) is 0 Å². The summed E-state index contributed by atoms with van der Waals surface area (Å²) in [5, 5.41) is 0.828. The molecule has 3 nitrogen and oxygen atoms in total. The van der Waals surface area contributed by atoms with Gasteiger partial charge in [0.1, 0.15) is 0 Å². The highest BCUT2D eigenvalue weighted by molar-refractivity contribution is 7.90. The number of carbonyl (C=O) groups excluding carboxylic acids is 1. The van der Waals surface area contributed by atoms with Crippen LogP contribution < -0.4 is 0 Å². The molecule has 0 saturated heterocycles. The van der Waals surface area contributed by atoms with Gasteiger partial charge in [-0.3, -0.25) is 4.79 Å². The first-order valence-corrected chi connectivity index (χ1v) is 9.14. The summed E-state index contributed by atoms with van der Waals surface area (Å²) in [5.74, 6) is -0.516. The van der Waals surface area contributed by atoms with Gasteiger partial charge in [-0.15, -0.1) is 0 Å². The number of hydrogen-bond donors (Lipinski definition) is 0. The molecule has 6 heteroatoms. The van der Waals surface area contributed by atoms with Crippen LogP contribution >= 0.6 is 23.2 Å². The molecule has 116 valence electrons. The van der Waals surface area contributed by atoms with Crippen LogP contribution in [0.2, 0.25) is 10.0 Å². The molecule has 0 aliphatic carbocycles. The van der Waals surface area contributed by atoms with Gasteiger partial charge < -0.3 is 0 Å². The van der Waals surface area contributed by atoms with Crippen LogP contribution in [0.15, 0.2) is 47.4 Å². The van der Waals surface area contributed by atoms with Crippen molar-refractivity contribution in [2.75, 3.05) is 6.26 Å². The lowest BCUT2D eigenvalue weighted by Gasteiger charge is -2.12. The average molecular weight is 357 g/mol. The van der Waals surface area contributed by atoms with Gasteiger partial charge in [-0.2, -0.15) is 0 Å². The lowest BCUT2D eigenvalue weighted by Crippen LogP contribution is -2.10. The van der Waals surface area contributed by atoms with Gasteiger partial charge in [-0.05, 0) is 29.8 Å². The topological polar surface area (TPSA) is 51.2 Å². The first-order chi connectivity index (χ1) is 10.2. The van der Waals surface area contributed by atoms with E-state index in [1.54, 1.807) is 25.1 Å². The second kappa shape index (κ2) is 6.41. The Morgan fingerprint density at radius 1 is 1.00 bits per heavy atom. The Morgan fingerprint density at radius 3 is 2.09 bits per heavy atom. The molecule has 2 rings (SSSR count). The molecule has 1 unspecified atom stereocenters. The molecule has 0 N–H and O–H groups in total. The van der Waals surface area contributed by atoms with Crippen LogP contribution in [0.5, 0.6) is 0 Å². The first kappa shape index (κ1) is 17.0. The van der Waals surface area contributed by atoms with Crippen molar-refractivity contribution in [2.24, 2.45) is 0 Å². The highest BCUT2D eigenvalue weighted by Crippen LogP contribution is 2.28. The fourth-order valence-corrected chi connectivity index (χ4v) is 2.99. The standard InChI is InChI=1S/C16H14Cl2O3S/c1-10(12-5-8-14(17)15(18)9-12)16(19)11-3-6-13(7-4-11)22(2,20)21/h3-10H,1-2H3. The third kappa shape index (κ3) is 3.69. The molecule has 1 atom stereocenters. The summed E-state index contributed by atoms with van der Waals surface area (Å²) in [7, 11) is -3.27. The third-order valence-corrected chi connectivity index (χ3v) is 5.27. The maximum atomic E-state index is 12.5. The van der Waals surface area contributed by atoms with E-state index in [0.717, 1.165) is 11.8 Å². The Bertz CT molecular complexity index is 812. The molecule has 0 amide bonds. The Morgan fingerprint density at radius 2 is 1.59 bits per heavy atom. The fourth-order valence-electron chi connectivity index (χ4n) is 2.05. The zero-order chi connectivity index (χ0) is 16.5. The lowest BCUT2D eigenvalue weighted by atomic mass is 9.92. The van der Waals surface area contributed by atoms with Gasteiger partial charge in [0, 0.05) is 17.7 Å². The van der Waals surface area contributed by atoms with Crippen molar-refractivity contribution in [1.29, 1.82) is 0 Å². The Balaban J connectivity index is 2.29. The Hall–Kier alpha value is -1.36. The highest BCUT2D eigenvalue weighted by atomic mass is 35.5. The van der Waals surface area contributed by atoms with E-state index in [9.17, 15) is 13.2 Å². The lowest BCUT2D eigenvalue weighted by molar-refractivity contribution is 0.0966. The number of Topliss-reactive ketones (excluding diaryl/α,β-unsaturated/α-hetero) is 1. The summed E-state index contributed by atoms with van der Waals surface area (Å²) in [6, 6.07) is 11.0. The van der Waals surface area contributed by atoms with Gasteiger partial charge in [0.05, 0.1) is 14.9 Å². The number of ketones is 1. The van der Waals surface area contributed by atoms with Crippen molar-refractivity contribution in [1.82, 2.24) is 0 Å². The molecule has 0 fully saturated rings. The van der Waals surface area contributed by atoms with Crippen molar-refractivity contribution >= 4 is 38.8 Å². The van der Waals surface area contributed by atoms with Gasteiger partial charge in [0.25, 0.3) is 0 Å². The van der Waals surface area contributed by atoms with Crippen LogP contribution in [0.1, 0.15) is 28.8 Å². The molecule has 0 saturated carbocycles. The van der Waals surface area contributed by atoms with Crippen molar-refractivity contribution in [2.45, 2.75) is 17.7 Å². The molecule has 0 aromatic heterocycles. The summed E-state index contributed by atoms with van der Waals surface area (Å²) < 4.78 is 22.9. The third-order valence-electron chi connectivity index (χ3n) is 3.40. The Labute approximate surface area is 139 Å². The van der Waals surface area contributed by atoms with E-state index >= 15 is 0 Å². The largest absolute Gasteiger partial charge is 0.294 e. The molecule has 0 spiro atoms. The predicted molar refractivity (Wildman–Crippen MR) is 88.8 cm³/mol.